The second-order valence-corrected chi connectivity index (χ2v) is 6.36. The van der Waals surface area contributed by atoms with Crippen LogP contribution in [-0.2, 0) is 9.53 Å². The van der Waals surface area contributed by atoms with Gasteiger partial charge < -0.3 is 15.4 Å². The zero-order chi connectivity index (χ0) is 19.4. The van der Waals surface area contributed by atoms with Crippen LogP contribution in [0.15, 0.2) is 53.3 Å². The van der Waals surface area contributed by atoms with E-state index in [1.807, 2.05) is 36.4 Å². The van der Waals surface area contributed by atoms with Gasteiger partial charge in [-0.1, -0.05) is 29.8 Å². The number of para-hydroxylation sites is 1. The van der Waals surface area contributed by atoms with Crippen molar-refractivity contribution in [1.29, 1.82) is 0 Å². The molecule has 2 aromatic carbocycles. The number of benzene rings is 2. The van der Waals surface area contributed by atoms with Gasteiger partial charge in [-0.25, -0.2) is 0 Å². The van der Waals surface area contributed by atoms with E-state index in [9.17, 15) is 9.59 Å². The number of carbonyl (C=O) groups excluding carboxylic acids is 1. The van der Waals surface area contributed by atoms with Gasteiger partial charge in [0.05, 0.1) is 24.2 Å². The molecule has 1 aromatic heterocycles. The first kappa shape index (κ1) is 18.9. The van der Waals surface area contributed by atoms with Crippen LogP contribution in [0.3, 0.4) is 0 Å². The summed E-state index contributed by atoms with van der Waals surface area (Å²) in [4.78, 5) is 25.6. The number of aromatic nitrogens is 1. The van der Waals surface area contributed by atoms with Crippen molar-refractivity contribution in [3.63, 3.8) is 0 Å². The second kappa shape index (κ2) is 8.24. The van der Waals surface area contributed by atoms with Crippen LogP contribution in [0, 0.1) is 0 Å². The number of carbonyl (C=O) groups is 1. The summed E-state index contributed by atoms with van der Waals surface area (Å²) in [6, 6.07) is 14.5. The molecule has 0 fully saturated rings. The van der Waals surface area contributed by atoms with Gasteiger partial charge in [0.25, 0.3) is 5.56 Å². The van der Waals surface area contributed by atoms with Gasteiger partial charge in [-0.2, -0.15) is 0 Å². The number of halogens is 1. The van der Waals surface area contributed by atoms with Crippen LogP contribution in [0.2, 0.25) is 5.02 Å². The third-order valence-electron chi connectivity index (χ3n) is 4.20. The maximum Gasteiger partial charge on any atom is 0.281 e. The number of pyridine rings is 1. The molecule has 0 radical (unpaired) electrons. The SMILES string of the molecule is CNc1c(NC(=O)CCOC)c(=O)n(-c2ccccc2)c2cc(Cl)ccc12. The number of rotatable bonds is 6. The van der Waals surface area contributed by atoms with E-state index in [-0.39, 0.29) is 30.2 Å². The lowest BCUT2D eigenvalue weighted by Gasteiger charge is -2.18. The quantitative estimate of drug-likeness (QED) is 0.679. The summed E-state index contributed by atoms with van der Waals surface area (Å²) in [5, 5.41) is 7.06. The molecule has 3 aromatic rings. The largest absolute Gasteiger partial charge is 0.386 e. The van der Waals surface area contributed by atoms with Crippen molar-refractivity contribution in [2.45, 2.75) is 6.42 Å². The molecule has 0 atom stereocenters. The maximum absolute atomic E-state index is 13.3. The molecule has 3 rings (SSSR count). The van der Waals surface area contributed by atoms with E-state index < -0.39 is 0 Å². The van der Waals surface area contributed by atoms with Gasteiger partial charge >= 0.3 is 0 Å². The number of hydrogen-bond donors (Lipinski definition) is 2. The average Bonchev–Trinajstić information content (AvgIpc) is 2.68. The first-order chi connectivity index (χ1) is 13.1. The van der Waals surface area contributed by atoms with Crippen molar-refractivity contribution >= 4 is 39.8 Å². The van der Waals surface area contributed by atoms with Crippen LogP contribution in [-0.4, -0.2) is 31.2 Å². The van der Waals surface area contributed by atoms with E-state index in [0.29, 0.717) is 21.9 Å². The molecule has 0 bridgehead atoms. The van der Waals surface area contributed by atoms with Crippen LogP contribution in [0.4, 0.5) is 11.4 Å². The lowest BCUT2D eigenvalue weighted by atomic mass is 10.1. The fraction of sp³-hybridized carbons (Fsp3) is 0.200. The number of amides is 1. The summed E-state index contributed by atoms with van der Waals surface area (Å²) in [5.74, 6) is -0.293. The van der Waals surface area contributed by atoms with Crippen LogP contribution >= 0.6 is 11.6 Å². The Labute approximate surface area is 161 Å². The first-order valence-electron chi connectivity index (χ1n) is 8.47. The average molecular weight is 386 g/mol. The van der Waals surface area contributed by atoms with Crippen molar-refractivity contribution in [1.82, 2.24) is 4.57 Å². The molecule has 2 N–H and O–H groups in total. The van der Waals surface area contributed by atoms with Gasteiger partial charge in [-0.15, -0.1) is 0 Å². The topological polar surface area (TPSA) is 72.4 Å². The number of nitrogens with zero attached hydrogens (tertiary/aromatic N) is 1. The lowest BCUT2D eigenvalue weighted by molar-refractivity contribution is -0.117. The van der Waals surface area contributed by atoms with E-state index in [1.165, 1.54) is 7.11 Å². The monoisotopic (exact) mass is 385 g/mol. The minimum absolute atomic E-state index is 0.156. The molecule has 0 aliphatic rings. The van der Waals surface area contributed by atoms with Crippen molar-refractivity contribution in [2.24, 2.45) is 0 Å². The fourth-order valence-corrected chi connectivity index (χ4v) is 3.14. The summed E-state index contributed by atoms with van der Waals surface area (Å²) in [5.41, 5.74) is 1.73. The van der Waals surface area contributed by atoms with Crippen LogP contribution in [0.1, 0.15) is 6.42 Å². The highest BCUT2D eigenvalue weighted by atomic mass is 35.5. The Morgan fingerprint density at radius 2 is 1.89 bits per heavy atom. The number of methoxy groups -OCH3 is 1. The zero-order valence-corrected chi connectivity index (χ0v) is 15.8. The molecule has 1 heterocycles. The number of anilines is 2. The molecular formula is C20H20ClN3O3. The molecule has 0 spiro atoms. The van der Waals surface area contributed by atoms with E-state index in [4.69, 9.17) is 16.3 Å². The number of nitrogens with one attached hydrogen (secondary N) is 2. The van der Waals surface area contributed by atoms with Gasteiger partial charge in [0, 0.05) is 30.3 Å². The normalized spacial score (nSPS) is 10.8. The number of ether oxygens (including phenoxy) is 1. The Balaban J connectivity index is 2.29. The van der Waals surface area contributed by atoms with E-state index in [0.717, 1.165) is 5.39 Å². The summed E-state index contributed by atoms with van der Waals surface area (Å²) >= 11 is 6.19. The van der Waals surface area contributed by atoms with Crippen LogP contribution in [0.25, 0.3) is 16.6 Å². The van der Waals surface area contributed by atoms with Gasteiger partial charge in [0.15, 0.2) is 0 Å². The molecule has 7 heteroatoms. The van der Waals surface area contributed by atoms with Crippen molar-refractivity contribution < 1.29 is 9.53 Å². The highest BCUT2D eigenvalue weighted by Crippen LogP contribution is 2.31. The van der Waals surface area contributed by atoms with Crippen molar-refractivity contribution in [3.8, 4) is 5.69 Å². The molecule has 140 valence electrons. The second-order valence-electron chi connectivity index (χ2n) is 5.93. The molecule has 0 aliphatic heterocycles. The summed E-state index contributed by atoms with van der Waals surface area (Å²) < 4.78 is 6.49. The molecule has 1 amide bonds. The van der Waals surface area contributed by atoms with Gasteiger partial charge in [0.2, 0.25) is 5.91 Å². The molecular weight excluding hydrogens is 366 g/mol. The van der Waals surface area contributed by atoms with Crippen LogP contribution < -0.4 is 16.2 Å². The fourth-order valence-electron chi connectivity index (χ4n) is 2.97. The number of fused-ring (bicyclic) bond motifs is 1. The smallest absolute Gasteiger partial charge is 0.281 e. The Hall–Kier alpha value is -2.83. The molecule has 6 nitrogen and oxygen atoms in total. The van der Waals surface area contributed by atoms with Gasteiger partial charge in [0.1, 0.15) is 5.69 Å². The van der Waals surface area contributed by atoms with E-state index in [1.54, 1.807) is 23.7 Å². The van der Waals surface area contributed by atoms with Crippen molar-refractivity contribution in [3.05, 3.63) is 63.9 Å². The number of hydrogen-bond acceptors (Lipinski definition) is 4. The van der Waals surface area contributed by atoms with Gasteiger partial charge in [-0.05, 0) is 30.3 Å². The highest BCUT2D eigenvalue weighted by Gasteiger charge is 2.19. The predicted molar refractivity (Wildman–Crippen MR) is 109 cm³/mol. The van der Waals surface area contributed by atoms with Gasteiger partial charge in [-0.3, -0.25) is 14.2 Å². The highest BCUT2D eigenvalue weighted by molar-refractivity contribution is 6.31. The summed E-state index contributed by atoms with van der Waals surface area (Å²) in [7, 11) is 3.23. The van der Waals surface area contributed by atoms with E-state index >= 15 is 0 Å². The molecule has 0 aliphatic carbocycles. The standard InChI is InChI=1S/C20H20ClN3O3/c1-22-18-15-9-8-13(21)12-16(15)24(14-6-4-3-5-7-14)20(26)19(18)23-17(25)10-11-27-2/h3-9,12,22H,10-11H2,1-2H3,(H,23,25). The molecule has 0 saturated heterocycles. The molecule has 0 saturated carbocycles. The third-order valence-corrected chi connectivity index (χ3v) is 4.43. The Morgan fingerprint density at radius 1 is 1.15 bits per heavy atom. The maximum atomic E-state index is 13.3. The first-order valence-corrected chi connectivity index (χ1v) is 8.85. The minimum Gasteiger partial charge on any atom is -0.386 e. The van der Waals surface area contributed by atoms with E-state index in [2.05, 4.69) is 10.6 Å². The molecule has 27 heavy (non-hydrogen) atoms. The van der Waals surface area contributed by atoms with Crippen molar-refractivity contribution in [2.75, 3.05) is 31.4 Å². The minimum atomic E-state index is -0.342. The molecule has 0 unspecified atom stereocenters. The lowest BCUT2D eigenvalue weighted by Crippen LogP contribution is -2.27. The third kappa shape index (κ3) is 3.82. The Morgan fingerprint density at radius 3 is 2.56 bits per heavy atom. The summed E-state index contributed by atoms with van der Waals surface area (Å²) in [6.45, 7) is 0.275. The van der Waals surface area contributed by atoms with Crippen LogP contribution in [0.5, 0.6) is 0 Å². The Kier molecular flexibility index (Phi) is 5.78. The zero-order valence-electron chi connectivity index (χ0n) is 15.1. The summed E-state index contributed by atoms with van der Waals surface area (Å²) in [6.07, 6.45) is 0.156. The Bertz CT molecular complexity index is 1030. The predicted octanol–water partition coefficient (Wildman–Crippen LogP) is 3.66.